The van der Waals surface area contributed by atoms with E-state index in [1.807, 2.05) is 0 Å². The highest BCUT2D eigenvalue weighted by Crippen LogP contribution is 2.20. The molecule has 0 aliphatic heterocycles. The van der Waals surface area contributed by atoms with E-state index in [0.29, 0.717) is 33.8 Å². The lowest BCUT2D eigenvalue weighted by atomic mass is 10.1. The minimum Gasteiger partial charge on any atom is -0.306 e. The first kappa shape index (κ1) is 16.6. The molecule has 0 atom stereocenters. The molecular formula is C19H16N6O2. The minimum absolute atomic E-state index is 0.242. The van der Waals surface area contributed by atoms with Gasteiger partial charge in [-0.05, 0) is 30.3 Å². The zero-order valence-corrected chi connectivity index (χ0v) is 14.7. The lowest BCUT2D eigenvalue weighted by Gasteiger charge is -2.10. The van der Waals surface area contributed by atoms with Crippen LogP contribution in [0.4, 0.5) is 5.82 Å². The lowest BCUT2D eigenvalue weighted by molar-refractivity contribution is 0.102. The number of hydrogen-bond acceptors (Lipinski definition) is 5. The van der Waals surface area contributed by atoms with Gasteiger partial charge < -0.3 is 5.32 Å². The molecule has 4 rings (SSSR count). The molecule has 0 bridgehead atoms. The number of carbonyl (C=O) groups excluding carboxylic acids is 1. The van der Waals surface area contributed by atoms with Gasteiger partial charge in [0.2, 0.25) is 0 Å². The number of nitrogens with zero attached hydrogens (tertiary/aromatic N) is 5. The molecular weight excluding hydrogens is 344 g/mol. The van der Waals surface area contributed by atoms with Gasteiger partial charge in [0.05, 0.1) is 16.5 Å². The van der Waals surface area contributed by atoms with Crippen molar-refractivity contribution in [1.29, 1.82) is 0 Å². The highest BCUT2D eigenvalue weighted by molar-refractivity contribution is 6.11. The molecule has 3 aromatic heterocycles. The Kier molecular flexibility index (Phi) is 4.00. The van der Waals surface area contributed by atoms with E-state index < -0.39 is 0 Å². The van der Waals surface area contributed by atoms with Gasteiger partial charge in [0.1, 0.15) is 11.5 Å². The van der Waals surface area contributed by atoms with Crippen molar-refractivity contribution in [2.45, 2.75) is 0 Å². The van der Waals surface area contributed by atoms with Crippen molar-refractivity contribution >= 4 is 22.6 Å². The van der Waals surface area contributed by atoms with Crippen LogP contribution >= 0.6 is 0 Å². The van der Waals surface area contributed by atoms with Gasteiger partial charge >= 0.3 is 0 Å². The molecule has 27 heavy (non-hydrogen) atoms. The van der Waals surface area contributed by atoms with E-state index in [1.54, 1.807) is 73.6 Å². The number of carbonyl (C=O) groups is 1. The van der Waals surface area contributed by atoms with E-state index in [1.165, 1.54) is 4.57 Å². The van der Waals surface area contributed by atoms with Crippen molar-refractivity contribution in [1.82, 2.24) is 24.3 Å². The Morgan fingerprint density at radius 3 is 2.63 bits per heavy atom. The number of fused-ring (bicyclic) bond motifs is 1. The fourth-order valence-corrected chi connectivity index (χ4v) is 2.86. The summed E-state index contributed by atoms with van der Waals surface area (Å²) in [5.74, 6) is 0.437. The summed E-state index contributed by atoms with van der Waals surface area (Å²) in [7, 11) is 3.42. The van der Waals surface area contributed by atoms with Crippen LogP contribution in [-0.2, 0) is 14.1 Å². The number of hydrogen-bond donors (Lipinski definition) is 1. The molecule has 0 unspecified atom stereocenters. The number of aromatic nitrogens is 5. The van der Waals surface area contributed by atoms with Crippen LogP contribution in [0.1, 0.15) is 10.4 Å². The molecule has 0 radical (unpaired) electrons. The van der Waals surface area contributed by atoms with Crippen LogP contribution in [0, 0.1) is 0 Å². The molecule has 134 valence electrons. The maximum Gasteiger partial charge on any atom is 0.261 e. The third-order valence-corrected chi connectivity index (χ3v) is 4.20. The Bertz CT molecular complexity index is 1210. The van der Waals surface area contributed by atoms with Gasteiger partial charge in [-0.3, -0.25) is 18.8 Å². The minimum atomic E-state index is -0.382. The van der Waals surface area contributed by atoms with Crippen molar-refractivity contribution in [3.05, 3.63) is 70.8 Å². The van der Waals surface area contributed by atoms with Gasteiger partial charge in [-0.2, -0.15) is 5.10 Å². The number of rotatable bonds is 3. The number of para-hydroxylation sites is 1. The van der Waals surface area contributed by atoms with E-state index in [9.17, 15) is 9.59 Å². The largest absolute Gasteiger partial charge is 0.306 e. The fraction of sp³-hybridized carbons (Fsp3) is 0.105. The Morgan fingerprint density at radius 2 is 1.93 bits per heavy atom. The number of aryl methyl sites for hydroxylation is 1. The molecule has 1 N–H and O–H groups in total. The van der Waals surface area contributed by atoms with E-state index in [0.717, 1.165) is 0 Å². The molecule has 0 fully saturated rings. The summed E-state index contributed by atoms with van der Waals surface area (Å²) in [5, 5.41) is 7.41. The molecule has 0 aliphatic rings. The maximum absolute atomic E-state index is 12.8. The standard InChI is InChI=1S/C19H16N6O2/c1-24-11-9-14(23-24)17-22-16-12(6-5-7-13(16)19(27)25(17)2)18(26)21-15-8-3-4-10-20-15/h3-11H,1-2H3,(H,20,21,26). The summed E-state index contributed by atoms with van der Waals surface area (Å²) < 4.78 is 3.07. The van der Waals surface area contributed by atoms with Gasteiger partial charge in [0.15, 0.2) is 5.82 Å². The molecule has 0 saturated heterocycles. The summed E-state index contributed by atoms with van der Waals surface area (Å²) in [4.78, 5) is 34.2. The van der Waals surface area contributed by atoms with Crippen LogP contribution < -0.4 is 10.9 Å². The molecule has 0 aliphatic carbocycles. The van der Waals surface area contributed by atoms with Gasteiger partial charge in [-0.25, -0.2) is 9.97 Å². The zero-order chi connectivity index (χ0) is 19.0. The first-order chi connectivity index (χ1) is 13.0. The van der Waals surface area contributed by atoms with E-state index in [4.69, 9.17) is 0 Å². The molecule has 8 nitrogen and oxygen atoms in total. The van der Waals surface area contributed by atoms with Gasteiger partial charge in [-0.1, -0.05) is 12.1 Å². The van der Waals surface area contributed by atoms with Gasteiger partial charge in [0, 0.05) is 26.5 Å². The predicted octanol–water partition coefficient (Wildman–Crippen LogP) is 1.98. The van der Waals surface area contributed by atoms with Crippen molar-refractivity contribution in [2.75, 3.05) is 5.32 Å². The van der Waals surface area contributed by atoms with E-state index in [2.05, 4.69) is 20.4 Å². The number of pyridine rings is 1. The monoisotopic (exact) mass is 360 g/mol. The van der Waals surface area contributed by atoms with Crippen molar-refractivity contribution in [2.24, 2.45) is 14.1 Å². The average Bonchev–Trinajstić information content (AvgIpc) is 3.11. The highest BCUT2D eigenvalue weighted by Gasteiger charge is 2.18. The third kappa shape index (κ3) is 2.97. The number of nitrogens with one attached hydrogen (secondary N) is 1. The summed E-state index contributed by atoms with van der Waals surface area (Å²) in [6.45, 7) is 0. The molecule has 0 spiro atoms. The molecule has 8 heteroatoms. The Balaban J connectivity index is 1.88. The fourth-order valence-electron chi connectivity index (χ4n) is 2.86. The van der Waals surface area contributed by atoms with Crippen LogP contribution in [0.15, 0.2) is 59.7 Å². The zero-order valence-electron chi connectivity index (χ0n) is 14.7. The molecule has 1 aromatic carbocycles. The molecule has 4 aromatic rings. The topological polar surface area (TPSA) is 94.7 Å². The Labute approximate surface area is 154 Å². The Hall–Kier alpha value is -3.81. The second-order valence-corrected chi connectivity index (χ2v) is 6.05. The summed E-state index contributed by atoms with van der Waals surface area (Å²) in [6, 6.07) is 12.0. The number of amides is 1. The summed E-state index contributed by atoms with van der Waals surface area (Å²) in [6.07, 6.45) is 3.36. The smallest absolute Gasteiger partial charge is 0.261 e. The van der Waals surface area contributed by atoms with Crippen LogP contribution in [0.5, 0.6) is 0 Å². The maximum atomic E-state index is 12.8. The predicted molar refractivity (Wildman–Crippen MR) is 101 cm³/mol. The summed E-state index contributed by atoms with van der Waals surface area (Å²) >= 11 is 0. The first-order valence-electron chi connectivity index (χ1n) is 8.27. The van der Waals surface area contributed by atoms with Crippen LogP contribution in [0.25, 0.3) is 22.4 Å². The highest BCUT2D eigenvalue weighted by atomic mass is 16.2. The van der Waals surface area contributed by atoms with Crippen LogP contribution in [0.2, 0.25) is 0 Å². The molecule has 1 amide bonds. The van der Waals surface area contributed by atoms with Crippen LogP contribution in [-0.4, -0.2) is 30.2 Å². The number of benzene rings is 1. The quantitative estimate of drug-likeness (QED) is 0.603. The van der Waals surface area contributed by atoms with E-state index >= 15 is 0 Å². The normalized spacial score (nSPS) is 10.9. The van der Waals surface area contributed by atoms with Crippen molar-refractivity contribution in [3.63, 3.8) is 0 Å². The van der Waals surface area contributed by atoms with Crippen molar-refractivity contribution in [3.8, 4) is 11.5 Å². The van der Waals surface area contributed by atoms with Crippen LogP contribution in [0.3, 0.4) is 0 Å². The Morgan fingerprint density at radius 1 is 1.07 bits per heavy atom. The van der Waals surface area contributed by atoms with Gasteiger partial charge in [0.25, 0.3) is 11.5 Å². The third-order valence-electron chi connectivity index (χ3n) is 4.20. The SMILES string of the molecule is Cn1ccc(-c2nc3c(C(=O)Nc4ccccn4)cccc3c(=O)n2C)n1. The average molecular weight is 360 g/mol. The molecule has 0 saturated carbocycles. The number of anilines is 1. The lowest BCUT2D eigenvalue weighted by Crippen LogP contribution is -2.22. The first-order valence-corrected chi connectivity index (χ1v) is 8.27. The van der Waals surface area contributed by atoms with Gasteiger partial charge in [-0.15, -0.1) is 0 Å². The molecule has 3 heterocycles. The second kappa shape index (κ2) is 6.49. The van der Waals surface area contributed by atoms with E-state index in [-0.39, 0.29) is 11.5 Å². The summed E-state index contributed by atoms with van der Waals surface area (Å²) in [5.41, 5.74) is 0.940. The second-order valence-electron chi connectivity index (χ2n) is 6.05. The van der Waals surface area contributed by atoms with Crippen molar-refractivity contribution < 1.29 is 4.79 Å².